The van der Waals surface area contributed by atoms with Gasteiger partial charge in [-0.25, -0.2) is 8.78 Å². The molecule has 0 bridgehead atoms. The SMILES string of the molecule is CC(C)(O)C(F)F.Cl. The third-order valence-electron chi connectivity index (χ3n) is 0.534. The van der Waals surface area contributed by atoms with Gasteiger partial charge in [-0.1, -0.05) is 0 Å². The summed E-state index contributed by atoms with van der Waals surface area (Å²) < 4.78 is 22.6. The third kappa shape index (κ3) is 4.27. The Morgan fingerprint density at radius 1 is 1.38 bits per heavy atom. The van der Waals surface area contributed by atoms with Crippen molar-refractivity contribution >= 4 is 12.4 Å². The van der Waals surface area contributed by atoms with E-state index in [1.165, 1.54) is 0 Å². The molecule has 1 nitrogen and oxygen atoms in total. The lowest BCUT2D eigenvalue weighted by molar-refractivity contribution is -0.0695. The lowest BCUT2D eigenvalue weighted by Crippen LogP contribution is -2.28. The lowest BCUT2D eigenvalue weighted by atomic mass is 10.2. The highest BCUT2D eigenvalue weighted by atomic mass is 35.5. The van der Waals surface area contributed by atoms with Gasteiger partial charge in [0.1, 0.15) is 5.60 Å². The van der Waals surface area contributed by atoms with Crippen LogP contribution in [0.1, 0.15) is 13.8 Å². The van der Waals surface area contributed by atoms with Gasteiger partial charge in [-0.05, 0) is 13.8 Å². The molecule has 0 aromatic heterocycles. The normalized spacial score (nSPS) is 11.2. The van der Waals surface area contributed by atoms with E-state index in [9.17, 15) is 8.78 Å². The van der Waals surface area contributed by atoms with E-state index in [0.717, 1.165) is 13.8 Å². The number of alkyl halides is 2. The number of hydrogen-bond donors (Lipinski definition) is 1. The monoisotopic (exact) mass is 146 g/mol. The molecule has 0 radical (unpaired) electrons. The zero-order valence-corrected chi connectivity index (χ0v) is 5.51. The van der Waals surface area contributed by atoms with E-state index >= 15 is 0 Å². The molecule has 0 spiro atoms. The van der Waals surface area contributed by atoms with Crippen molar-refractivity contribution in [2.45, 2.75) is 25.9 Å². The van der Waals surface area contributed by atoms with Crippen molar-refractivity contribution in [3.8, 4) is 0 Å². The van der Waals surface area contributed by atoms with E-state index in [1.807, 2.05) is 0 Å². The van der Waals surface area contributed by atoms with Gasteiger partial charge < -0.3 is 5.11 Å². The second-order valence-corrected chi connectivity index (χ2v) is 1.95. The highest BCUT2D eigenvalue weighted by Crippen LogP contribution is 2.11. The topological polar surface area (TPSA) is 20.2 Å². The van der Waals surface area contributed by atoms with Crippen molar-refractivity contribution in [3.05, 3.63) is 0 Å². The minimum Gasteiger partial charge on any atom is -0.385 e. The van der Waals surface area contributed by atoms with Crippen LogP contribution in [-0.4, -0.2) is 17.1 Å². The maximum Gasteiger partial charge on any atom is 0.266 e. The molecule has 0 aromatic carbocycles. The first-order valence-corrected chi connectivity index (χ1v) is 1.95. The molecule has 4 heteroatoms. The Morgan fingerprint density at radius 3 is 1.50 bits per heavy atom. The van der Waals surface area contributed by atoms with Crippen molar-refractivity contribution in [2.75, 3.05) is 0 Å². The average molecular weight is 147 g/mol. The third-order valence-corrected chi connectivity index (χ3v) is 0.534. The van der Waals surface area contributed by atoms with Gasteiger partial charge in [-0.15, -0.1) is 12.4 Å². The van der Waals surface area contributed by atoms with E-state index in [-0.39, 0.29) is 12.4 Å². The fourth-order valence-electron chi connectivity index (χ4n) is 0. The number of rotatable bonds is 1. The van der Waals surface area contributed by atoms with Crippen LogP contribution < -0.4 is 0 Å². The molecule has 0 atom stereocenters. The molecule has 0 amide bonds. The molecular formula is C4H9ClF2O. The highest BCUT2D eigenvalue weighted by molar-refractivity contribution is 5.85. The summed E-state index contributed by atoms with van der Waals surface area (Å²) in [7, 11) is 0. The molecule has 0 aromatic rings. The van der Waals surface area contributed by atoms with Crippen LogP contribution in [0, 0.1) is 0 Å². The molecule has 0 rings (SSSR count). The van der Waals surface area contributed by atoms with Gasteiger partial charge in [0.05, 0.1) is 0 Å². The highest BCUT2D eigenvalue weighted by Gasteiger charge is 2.24. The van der Waals surface area contributed by atoms with Gasteiger partial charge in [-0.2, -0.15) is 0 Å². The van der Waals surface area contributed by atoms with Gasteiger partial charge in [0.2, 0.25) is 0 Å². The quantitative estimate of drug-likeness (QED) is 0.594. The molecule has 0 saturated heterocycles. The van der Waals surface area contributed by atoms with E-state index in [0.29, 0.717) is 0 Å². The molecule has 0 aliphatic carbocycles. The summed E-state index contributed by atoms with van der Waals surface area (Å²) in [4.78, 5) is 0. The minimum atomic E-state index is -2.65. The predicted molar refractivity (Wildman–Crippen MR) is 29.5 cm³/mol. The van der Waals surface area contributed by atoms with E-state index < -0.39 is 12.0 Å². The Labute approximate surface area is 53.1 Å². The second kappa shape index (κ2) is 3.20. The predicted octanol–water partition coefficient (Wildman–Crippen LogP) is 1.44. The van der Waals surface area contributed by atoms with Crippen LogP contribution in [0.15, 0.2) is 0 Å². The van der Waals surface area contributed by atoms with Crippen molar-refractivity contribution in [2.24, 2.45) is 0 Å². The Hall–Kier alpha value is 0.110. The number of halogens is 3. The fourth-order valence-corrected chi connectivity index (χ4v) is 0. The Bertz CT molecular complexity index is 59.5. The van der Waals surface area contributed by atoms with Crippen molar-refractivity contribution in [3.63, 3.8) is 0 Å². The van der Waals surface area contributed by atoms with Crippen LogP contribution in [0.3, 0.4) is 0 Å². The van der Waals surface area contributed by atoms with E-state index in [4.69, 9.17) is 5.11 Å². The number of hydrogen-bond acceptors (Lipinski definition) is 1. The molecule has 52 valence electrons. The molecular weight excluding hydrogens is 137 g/mol. The summed E-state index contributed by atoms with van der Waals surface area (Å²) in [6.45, 7) is 2.13. The summed E-state index contributed by atoms with van der Waals surface area (Å²) in [5.74, 6) is 0. The summed E-state index contributed by atoms with van der Waals surface area (Å²) in [6.07, 6.45) is -2.65. The first-order valence-electron chi connectivity index (χ1n) is 1.95. The van der Waals surface area contributed by atoms with Crippen LogP contribution in [0.5, 0.6) is 0 Å². The smallest absolute Gasteiger partial charge is 0.266 e. The van der Waals surface area contributed by atoms with Crippen molar-refractivity contribution < 1.29 is 13.9 Å². The molecule has 1 N–H and O–H groups in total. The largest absolute Gasteiger partial charge is 0.385 e. The summed E-state index contributed by atoms with van der Waals surface area (Å²) in [5.41, 5.74) is -1.83. The molecule has 0 aliphatic rings. The standard InChI is InChI=1S/C4H8F2O.ClH/c1-4(2,7)3(5)6;/h3,7H,1-2H3;1H. The average Bonchev–Trinajstić information content (AvgIpc) is 1.31. The van der Waals surface area contributed by atoms with Gasteiger partial charge in [0, 0.05) is 0 Å². The molecule has 0 saturated carbocycles. The zero-order valence-electron chi connectivity index (χ0n) is 4.69. The first kappa shape index (κ1) is 11.0. The van der Waals surface area contributed by atoms with Crippen LogP contribution in [-0.2, 0) is 0 Å². The maximum atomic E-state index is 11.3. The van der Waals surface area contributed by atoms with Crippen LogP contribution in [0.4, 0.5) is 8.78 Å². The van der Waals surface area contributed by atoms with Gasteiger partial charge in [0.25, 0.3) is 6.43 Å². The molecule has 8 heavy (non-hydrogen) atoms. The maximum absolute atomic E-state index is 11.3. The second-order valence-electron chi connectivity index (χ2n) is 1.95. The summed E-state index contributed by atoms with van der Waals surface area (Å²) in [5, 5.41) is 8.34. The van der Waals surface area contributed by atoms with Crippen molar-refractivity contribution in [1.29, 1.82) is 0 Å². The summed E-state index contributed by atoms with van der Waals surface area (Å²) >= 11 is 0. The van der Waals surface area contributed by atoms with Gasteiger partial charge in [0.15, 0.2) is 0 Å². The first-order chi connectivity index (χ1) is 2.94. The number of aliphatic hydroxyl groups is 1. The minimum absolute atomic E-state index is 0. The zero-order chi connectivity index (χ0) is 6.08. The van der Waals surface area contributed by atoms with Crippen LogP contribution in [0.25, 0.3) is 0 Å². The Morgan fingerprint density at radius 2 is 1.50 bits per heavy atom. The summed E-state index contributed by atoms with van der Waals surface area (Å²) in [6, 6.07) is 0. The Balaban J connectivity index is 0. The van der Waals surface area contributed by atoms with Gasteiger partial charge in [-0.3, -0.25) is 0 Å². The van der Waals surface area contributed by atoms with Crippen LogP contribution >= 0.6 is 12.4 Å². The van der Waals surface area contributed by atoms with Crippen LogP contribution in [0.2, 0.25) is 0 Å². The molecule has 0 heterocycles. The van der Waals surface area contributed by atoms with Gasteiger partial charge >= 0.3 is 0 Å². The van der Waals surface area contributed by atoms with Crippen molar-refractivity contribution in [1.82, 2.24) is 0 Å². The molecule has 0 aliphatic heterocycles. The molecule has 0 unspecified atom stereocenters. The molecule has 0 fully saturated rings. The Kier molecular flexibility index (Phi) is 4.39. The fraction of sp³-hybridized carbons (Fsp3) is 1.00. The van der Waals surface area contributed by atoms with E-state index in [1.54, 1.807) is 0 Å². The lowest BCUT2D eigenvalue weighted by Gasteiger charge is -2.13. The van der Waals surface area contributed by atoms with E-state index in [2.05, 4.69) is 0 Å².